The van der Waals surface area contributed by atoms with Crippen LogP contribution in [-0.4, -0.2) is 62.9 Å². The van der Waals surface area contributed by atoms with Crippen molar-refractivity contribution < 1.29 is 22.7 Å². The summed E-state index contributed by atoms with van der Waals surface area (Å²) in [5.74, 6) is -0.660. The Morgan fingerprint density at radius 1 is 1.22 bits per heavy atom. The van der Waals surface area contributed by atoms with Crippen molar-refractivity contribution in [3.8, 4) is 6.07 Å². The lowest BCUT2D eigenvalue weighted by atomic mass is 10.1. The lowest BCUT2D eigenvalue weighted by molar-refractivity contribution is -0.124. The Hall–Kier alpha value is -3.30. The highest BCUT2D eigenvalue weighted by Crippen LogP contribution is 2.25. The van der Waals surface area contributed by atoms with Gasteiger partial charge in [0.25, 0.3) is 5.91 Å². The molecule has 2 heterocycles. The third-order valence-corrected chi connectivity index (χ3v) is 9.12. The topological polar surface area (TPSA) is 129 Å². The molecule has 0 radical (unpaired) electrons. The third kappa shape index (κ3) is 6.17. The minimum absolute atomic E-state index is 0.0367. The molecule has 1 aromatic heterocycles. The maximum absolute atomic E-state index is 13.2. The summed E-state index contributed by atoms with van der Waals surface area (Å²) in [7, 11) is -3.90. The lowest BCUT2D eigenvalue weighted by Crippen LogP contribution is -2.52. The Bertz CT molecular complexity index is 1400. The number of carbonyl (C=O) groups excluding carboxylic acids is 2. The number of nitrogens with zero attached hydrogens (tertiary/aromatic N) is 2. The number of carbonyl (C=O) groups is 2. The molecule has 0 spiro atoms. The molecule has 1 unspecified atom stereocenters. The summed E-state index contributed by atoms with van der Waals surface area (Å²) in [4.78, 5) is 26.3. The van der Waals surface area contributed by atoms with E-state index in [9.17, 15) is 23.3 Å². The van der Waals surface area contributed by atoms with Gasteiger partial charge in [-0.3, -0.25) is 9.59 Å². The van der Waals surface area contributed by atoms with Gasteiger partial charge >= 0.3 is 0 Å². The van der Waals surface area contributed by atoms with E-state index < -0.39 is 22.2 Å². The first kappa shape index (κ1) is 26.8. The van der Waals surface area contributed by atoms with Gasteiger partial charge in [0, 0.05) is 24.3 Å². The predicted octanol–water partition coefficient (Wildman–Crippen LogP) is 2.88. The number of hydrogen-bond acceptors (Lipinski definition) is 7. The van der Waals surface area contributed by atoms with Crippen molar-refractivity contribution in [1.82, 2.24) is 14.9 Å². The molecular weight excluding hydrogens is 512 g/mol. The highest BCUT2D eigenvalue weighted by Gasteiger charge is 2.33. The molecule has 2 atom stereocenters. The highest BCUT2D eigenvalue weighted by molar-refractivity contribution is 7.89. The van der Waals surface area contributed by atoms with E-state index in [1.54, 1.807) is 12.1 Å². The Balaban J connectivity index is 1.37. The number of sulfonamides is 1. The van der Waals surface area contributed by atoms with Gasteiger partial charge in [-0.2, -0.15) is 9.57 Å². The Morgan fingerprint density at radius 3 is 2.73 bits per heavy atom. The SMILES string of the molecule is CCC[C@@H](NC(=O)c1cc2ccccc2s1)C(=O)NCC1CN(S(=O)(=O)c2ccccc2C#N)CCO1. The molecule has 3 aromatic rings. The standard InChI is InChI=1S/C26H28N4O5S2/c1-2-7-21(29-26(32)23-14-18-8-3-5-10-22(18)36-23)25(31)28-16-20-17-30(12-13-35-20)37(33,34)24-11-6-4-9-19(24)15-27/h3-6,8-11,14,20-21H,2,7,12-13,16-17H2,1H3,(H,28,31)(H,29,32)/t20?,21-/m1/s1. The van der Waals surface area contributed by atoms with Crippen molar-refractivity contribution in [2.75, 3.05) is 26.2 Å². The molecule has 9 nitrogen and oxygen atoms in total. The number of hydrogen-bond donors (Lipinski definition) is 2. The summed E-state index contributed by atoms with van der Waals surface area (Å²) >= 11 is 1.37. The highest BCUT2D eigenvalue weighted by atomic mass is 32.2. The molecule has 194 valence electrons. The Morgan fingerprint density at radius 2 is 1.97 bits per heavy atom. The van der Waals surface area contributed by atoms with Gasteiger partial charge in [0.1, 0.15) is 12.1 Å². The summed E-state index contributed by atoms with van der Waals surface area (Å²) in [6.45, 7) is 2.36. The van der Waals surface area contributed by atoms with Crippen molar-refractivity contribution in [2.24, 2.45) is 0 Å². The molecule has 2 amide bonds. The van der Waals surface area contributed by atoms with Crippen molar-refractivity contribution in [2.45, 2.75) is 36.8 Å². The summed E-state index contributed by atoms with van der Waals surface area (Å²) in [6.07, 6.45) is 0.580. The number of ether oxygens (including phenoxy) is 1. The van der Waals surface area contributed by atoms with Gasteiger partial charge in [0.2, 0.25) is 15.9 Å². The van der Waals surface area contributed by atoms with Crippen LogP contribution in [0.1, 0.15) is 35.0 Å². The minimum Gasteiger partial charge on any atom is -0.374 e. The third-order valence-electron chi connectivity index (χ3n) is 6.08. The van der Waals surface area contributed by atoms with Gasteiger partial charge in [-0.25, -0.2) is 8.42 Å². The maximum Gasteiger partial charge on any atom is 0.262 e. The fourth-order valence-electron chi connectivity index (χ4n) is 4.18. The van der Waals surface area contributed by atoms with Crippen molar-refractivity contribution in [3.63, 3.8) is 0 Å². The summed E-state index contributed by atoms with van der Waals surface area (Å²) in [6, 6.07) is 16.8. The smallest absolute Gasteiger partial charge is 0.262 e. The average molecular weight is 541 g/mol. The summed E-state index contributed by atoms with van der Waals surface area (Å²) < 4.78 is 34.3. The molecule has 0 bridgehead atoms. The van der Waals surface area contributed by atoms with E-state index in [1.165, 1.54) is 27.8 Å². The summed E-state index contributed by atoms with van der Waals surface area (Å²) in [5.41, 5.74) is 0.0793. The molecule has 1 aliphatic rings. The molecule has 4 rings (SSSR count). The second-order valence-electron chi connectivity index (χ2n) is 8.67. The van der Waals surface area contributed by atoms with E-state index in [4.69, 9.17) is 4.74 Å². The number of rotatable bonds is 9. The predicted molar refractivity (Wildman–Crippen MR) is 141 cm³/mol. The monoisotopic (exact) mass is 540 g/mol. The fraction of sp³-hybridized carbons (Fsp3) is 0.346. The second-order valence-corrected chi connectivity index (χ2v) is 11.7. The number of amides is 2. The molecule has 37 heavy (non-hydrogen) atoms. The zero-order valence-electron chi connectivity index (χ0n) is 20.3. The van der Waals surface area contributed by atoms with E-state index >= 15 is 0 Å². The van der Waals surface area contributed by atoms with Crippen LogP contribution in [0.4, 0.5) is 0 Å². The average Bonchev–Trinajstić information content (AvgIpc) is 3.36. The first-order valence-electron chi connectivity index (χ1n) is 12.0. The van der Waals surface area contributed by atoms with Gasteiger partial charge in [-0.1, -0.05) is 43.7 Å². The number of fused-ring (bicyclic) bond motifs is 1. The molecule has 0 aliphatic carbocycles. The zero-order chi connectivity index (χ0) is 26.4. The summed E-state index contributed by atoms with van der Waals surface area (Å²) in [5, 5.41) is 15.9. The van der Waals surface area contributed by atoms with Crippen LogP contribution in [0.3, 0.4) is 0 Å². The van der Waals surface area contributed by atoms with Crippen LogP contribution in [0.15, 0.2) is 59.5 Å². The number of morpholine rings is 1. The van der Waals surface area contributed by atoms with Gasteiger partial charge in [0.15, 0.2) is 0 Å². The van der Waals surface area contributed by atoms with Crippen LogP contribution in [0, 0.1) is 11.3 Å². The number of benzene rings is 2. The van der Waals surface area contributed by atoms with Crippen LogP contribution in [0.25, 0.3) is 10.1 Å². The quantitative estimate of drug-likeness (QED) is 0.430. The normalized spacial score (nSPS) is 17.1. The molecule has 1 saturated heterocycles. The van der Waals surface area contributed by atoms with E-state index in [0.717, 1.165) is 10.1 Å². The van der Waals surface area contributed by atoms with E-state index in [2.05, 4.69) is 10.6 Å². The molecule has 1 aliphatic heterocycles. The molecule has 0 saturated carbocycles. The maximum atomic E-state index is 13.2. The first-order chi connectivity index (χ1) is 17.8. The minimum atomic E-state index is -3.90. The Kier molecular flexibility index (Phi) is 8.56. The van der Waals surface area contributed by atoms with Crippen molar-refractivity contribution in [3.05, 3.63) is 65.0 Å². The molecule has 2 N–H and O–H groups in total. The van der Waals surface area contributed by atoms with E-state index in [1.807, 2.05) is 43.3 Å². The van der Waals surface area contributed by atoms with Crippen LogP contribution in [0.2, 0.25) is 0 Å². The molecule has 1 fully saturated rings. The molecule has 2 aromatic carbocycles. The van der Waals surface area contributed by atoms with Gasteiger partial charge in [-0.05, 0) is 36.1 Å². The van der Waals surface area contributed by atoms with Gasteiger partial charge < -0.3 is 15.4 Å². The van der Waals surface area contributed by atoms with E-state index in [-0.39, 0.29) is 48.5 Å². The van der Waals surface area contributed by atoms with Crippen molar-refractivity contribution in [1.29, 1.82) is 5.26 Å². The first-order valence-corrected chi connectivity index (χ1v) is 14.3. The van der Waals surface area contributed by atoms with Crippen LogP contribution < -0.4 is 10.6 Å². The number of nitriles is 1. The second kappa shape index (κ2) is 11.8. The fourth-order valence-corrected chi connectivity index (χ4v) is 6.74. The molecular formula is C26H28N4O5S2. The van der Waals surface area contributed by atoms with Gasteiger partial charge in [-0.15, -0.1) is 11.3 Å². The molecule has 11 heteroatoms. The van der Waals surface area contributed by atoms with Crippen LogP contribution in [-0.2, 0) is 19.6 Å². The largest absolute Gasteiger partial charge is 0.374 e. The lowest BCUT2D eigenvalue weighted by Gasteiger charge is -2.32. The van der Waals surface area contributed by atoms with E-state index in [0.29, 0.717) is 17.7 Å². The number of nitrogens with one attached hydrogen (secondary N) is 2. The Labute approximate surface area is 220 Å². The van der Waals surface area contributed by atoms with Crippen molar-refractivity contribution >= 4 is 43.3 Å². The van der Waals surface area contributed by atoms with Crippen LogP contribution in [0.5, 0.6) is 0 Å². The van der Waals surface area contributed by atoms with Crippen LogP contribution >= 0.6 is 11.3 Å². The number of thiophene rings is 1. The zero-order valence-corrected chi connectivity index (χ0v) is 22.0. The van der Waals surface area contributed by atoms with Gasteiger partial charge in [0.05, 0.1) is 28.0 Å².